The van der Waals surface area contributed by atoms with Crippen LogP contribution in [0, 0.1) is 11.3 Å². The molecule has 0 atom stereocenters. The predicted molar refractivity (Wildman–Crippen MR) is 88.9 cm³/mol. The van der Waals surface area contributed by atoms with E-state index in [9.17, 15) is 0 Å². The molecule has 2 aromatic heterocycles. The van der Waals surface area contributed by atoms with Gasteiger partial charge >= 0.3 is 0 Å². The maximum Gasteiger partial charge on any atom is 0.223 e. The number of imidazole rings is 1. The van der Waals surface area contributed by atoms with Gasteiger partial charge in [-0.05, 0) is 30.3 Å². The van der Waals surface area contributed by atoms with Gasteiger partial charge in [0.1, 0.15) is 0 Å². The van der Waals surface area contributed by atoms with Crippen molar-refractivity contribution in [2.45, 2.75) is 0 Å². The number of benzene rings is 2. The normalized spacial score (nSPS) is 10.8. The molecule has 0 amide bonds. The average molecular weight is 300 g/mol. The summed E-state index contributed by atoms with van der Waals surface area (Å²) in [6.45, 7) is 0. The van der Waals surface area contributed by atoms with Crippen LogP contribution in [-0.2, 0) is 0 Å². The van der Waals surface area contributed by atoms with Crippen LogP contribution in [0.5, 0.6) is 0 Å². The number of nitriles is 1. The van der Waals surface area contributed by atoms with Crippen LogP contribution in [0.4, 0.5) is 5.95 Å². The number of nitrogens with one attached hydrogen (secondary N) is 2. The van der Waals surface area contributed by atoms with Gasteiger partial charge in [0.2, 0.25) is 5.95 Å². The average Bonchev–Trinajstić information content (AvgIpc) is 3.07. The van der Waals surface area contributed by atoms with Crippen molar-refractivity contribution in [2.24, 2.45) is 0 Å². The molecule has 6 nitrogen and oxygen atoms in total. The van der Waals surface area contributed by atoms with Gasteiger partial charge in [-0.15, -0.1) is 0 Å². The van der Waals surface area contributed by atoms with Gasteiger partial charge in [-0.3, -0.25) is 0 Å². The highest BCUT2D eigenvalue weighted by molar-refractivity contribution is 5.95. The predicted octanol–water partition coefficient (Wildman–Crippen LogP) is 3.09. The van der Waals surface area contributed by atoms with E-state index in [1.54, 1.807) is 19.4 Å². The van der Waals surface area contributed by atoms with Crippen LogP contribution >= 0.6 is 0 Å². The Labute approximate surface area is 131 Å². The Kier molecular flexibility index (Phi) is 2.91. The zero-order valence-electron chi connectivity index (χ0n) is 12.3. The first-order valence-electron chi connectivity index (χ1n) is 7.11. The molecule has 2 heterocycles. The van der Waals surface area contributed by atoms with Crippen molar-refractivity contribution >= 4 is 27.9 Å². The van der Waals surface area contributed by atoms with Crippen LogP contribution in [0.1, 0.15) is 5.56 Å². The molecule has 0 aliphatic heterocycles. The number of rotatable bonds is 2. The lowest BCUT2D eigenvalue weighted by molar-refractivity contribution is 1.20. The molecule has 6 heteroatoms. The third-order valence-corrected chi connectivity index (χ3v) is 3.74. The second-order valence-corrected chi connectivity index (χ2v) is 5.12. The lowest BCUT2D eigenvalue weighted by Gasteiger charge is -2.09. The van der Waals surface area contributed by atoms with Crippen molar-refractivity contribution < 1.29 is 0 Å². The summed E-state index contributed by atoms with van der Waals surface area (Å²) in [5.41, 5.74) is 4.95. The zero-order chi connectivity index (χ0) is 15.8. The van der Waals surface area contributed by atoms with E-state index in [1.807, 2.05) is 30.3 Å². The summed E-state index contributed by atoms with van der Waals surface area (Å²) in [6.07, 6.45) is 1.67. The van der Waals surface area contributed by atoms with Crippen molar-refractivity contribution in [1.82, 2.24) is 19.9 Å². The van der Waals surface area contributed by atoms with E-state index in [4.69, 9.17) is 5.26 Å². The van der Waals surface area contributed by atoms with Crippen LogP contribution in [0.3, 0.4) is 0 Å². The number of hydrogen-bond acceptors (Lipinski definition) is 5. The second-order valence-electron chi connectivity index (χ2n) is 5.12. The van der Waals surface area contributed by atoms with Crippen molar-refractivity contribution in [3.8, 4) is 17.3 Å². The van der Waals surface area contributed by atoms with Crippen LogP contribution in [0.25, 0.3) is 33.2 Å². The van der Waals surface area contributed by atoms with Crippen molar-refractivity contribution in [3.63, 3.8) is 0 Å². The van der Waals surface area contributed by atoms with E-state index in [1.165, 1.54) is 0 Å². The van der Waals surface area contributed by atoms with E-state index in [0.29, 0.717) is 11.5 Å². The molecule has 0 spiro atoms. The van der Waals surface area contributed by atoms with Crippen LogP contribution in [0.15, 0.2) is 42.7 Å². The summed E-state index contributed by atoms with van der Waals surface area (Å²) in [4.78, 5) is 16.4. The summed E-state index contributed by atoms with van der Waals surface area (Å²) in [5, 5.41) is 13.0. The van der Waals surface area contributed by atoms with E-state index in [2.05, 4.69) is 31.3 Å². The van der Waals surface area contributed by atoms with E-state index < -0.39 is 0 Å². The van der Waals surface area contributed by atoms with E-state index in [-0.39, 0.29) is 0 Å². The summed E-state index contributed by atoms with van der Waals surface area (Å²) >= 11 is 0. The molecule has 23 heavy (non-hydrogen) atoms. The maximum absolute atomic E-state index is 9.16. The van der Waals surface area contributed by atoms with Crippen LogP contribution < -0.4 is 5.32 Å². The molecule has 110 valence electrons. The van der Waals surface area contributed by atoms with Crippen LogP contribution in [0.2, 0.25) is 0 Å². The minimum atomic E-state index is 0.543. The molecular formula is C17H12N6. The summed E-state index contributed by atoms with van der Waals surface area (Å²) in [7, 11) is 1.78. The number of anilines is 1. The summed E-state index contributed by atoms with van der Waals surface area (Å²) in [5.74, 6) is 0.543. The molecule has 0 saturated carbocycles. The van der Waals surface area contributed by atoms with Crippen molar-refractivity contribution in [1.29, 1.82) is 5.26 Å². The molecule has 2 N–H and O–H groups in total. The largest absolute Gasteiger partial charge is 0.357 e. The third kappa shape index (κ3) is 2.15. The molecule has 2 aromatic carbocycles. The number of nitrogens with zero attached hydrogens (tertiary/aromatic N) is 4. The van der Waals surface area contributed by atoms with Gasteiger partial charge in [-0.1, -0.05) is 6.07 Å². The fraction of sp³-hybridized carbons (Fsp3) is 0.0588. The van der Waals surface area contributed by atoms with Gasteiger partial charge in [0.05, 0.1) is 40.2 Å². The molecule has 0 aliphatic carbocycles. The smallest absolute Gasteiger partial charge is 0.223 e. The Balaban J connectivity index is 2.04. The maximum atomic E-state index is 9.16. The van der Waals surface area contributed by atoms with Crippen molar-refractivity contribution in [3.05, 3.63) is 48.3 Å². The Morgan fingerprint density at radius 2 is 1.96 bits per heavy atom. The molecule has 0 unspecified atom stereocenters. The number of fused-ring (bicyclic) bond motifs is 2. The Bertz CT molecular complexity index is 1070. The van der Waals surface area contributed by atoms with Gasteiger partial charge in [0.15, 0.2) is 0 Å². The number of aromatic nitrogens is 4. The minimum absolute atomic E-state index is 0.543. The van der Waals surface area contributed by atoms with Gasteiger partial charge in [0, 0.05) is 18.0 Å². The SMILES string of the molecule is CNc1nc(-c2ccc3nc[nH]c3c2)c2cc(C#N)ccc2n1. The van der Waals surface area contributed by atoms with Crippen molar-refractivity contribution in [2.75, 3.05) is 12.4 Å². The Hall–Kier alpha value is -3.46. The molecule has 0 saturated heterocycles. The third-order valence-electron chi connectivity index (χ3n) is 3.74. The van der Waals surface area contributed by atoms with Gasteiger partial charge in [-0.25, -0.2) is 15.0 Å². The highest BCUT2D eigenvalue weighted by atomic mass is 15.1. The standard InChI is InChI=1S/C17H12N6/c1-19-17-22-13-4-2-10(8-18)6-12(13)16(23-17)11-3-5-14-15(7-11)21-9-20-14/h2-7,9H,1H3,(H,20,21)(H,19,22,23). The Morgan fingerprint density at radius 1 is 1.09 bits per heavy atom. The number of hydrogen-bond donors (Lipinski definition) is 2. The molecule has 4 rings (SSSR count). The molecule has 0 fully saturated rings. The first-order valence-corrected chi connectivity index (χ1v) is 7.11. The number of aromatic amines is 1. The Morgan fingerprint density at radius 3 is 2.78 bits per heavy atom. The molecule has 4 aromatic rings. The van der Waals surface area contributed by atoms with E-state index in [0.717, 1.165) is 33.2 Å². The fourth-order valence-corrected chi connectivity index (χ4v) is 2.61. The van der Waals surface area contributed by atoms with Gasteiger partial charge < -0.3 is 10.3 Å². The quantitative estimate of drug-likeness (QED) is 0.593. The molecule has 0 radical (unpaired) electrons. The lowest BCUT2D eigenvalue weighted by Crippen LogP contribution is -1.99. The zero-order valence-corrected chi connectivity index (χ0v) is 12.3. The molecule has 0 bridgehead atoms. The highest BCUT2D eigenvalue weighted by Crippen LogP contribution is 2.29. The topological polar surface area (TPSA) is 90.3 Å². The highest BCUT2D eigenvalue weighted by Gasteiger charge is 2.11. The summed E-state index contributed by atoms with van der Waals surface area (Å²) < 4.78 is 0. The van der Waals surface area contributed by atoms with Crippen LogP contribution in [-0.4, -0.2) is 27.0 Å². The fourth-order valence-electron chi connectivity index (χ4n) is 2.61. The van der Waals surface area contributed by atoms with E-state index >= 15 is 0 Å². The number of H-pyrrole nitrogens is 1. The first-order chi connectivity index (χ1) is 11.3. The van der Waals surface area contributed by atoms with Gasteiger partial charge in [0.25, 0.3) is 0 Å². The minimum Gasteiger partial charge on any atom is -0.357 e. The monoisotopic (exact) mass is 300 g/mol. The second kappa shape index (κ2) is 5.07. The molecule has 0 aliphatic rings. The first kappa shape index (κ1) is 13.2. The van der Waals surface area contributed by atoms with Gasteiger partial charge in [-0.2, -0.15) is 5.26 Å². The summed E-state index contributed by atoms with van der Waals surface area (Å²) in [6, 6.07) is 13.5. The lowest BCUT2D eigenvalue weighted by atomic mass is 10.0. The molecular weight excluding hydrogens is 288 g/mol.